The molecule has 1 aromatic carbocycles. The first-order valence-corrected chi connectivity index (χ1v) is 6.45. The van der Waals surface area contributed by atoms with Gasteiger partial charge in [0.2, 0.25) is 0 Å². The molecule has 102 valence electrons. The van der Waals surface area contributed by atoms with Crippen molar-refractivity contribution in [3.05, 3.63) is 29.8 Å². The highest BCUT2D eigenvalue weighted by Crippen LogP contribution is 2.20. The summed E-state index contributed by atoms with van der Waals surface area (Å²) in [4.78, 5) is 0. The van der Waals surface area contributed by atoms with Gasteiger partial charge in [-0.1, -0.05) is 13.0 Å². The van der Waals surface area contributed by atoms with Crippen LogP contribution in [-0.4, -0.2) is 19.2 Å². The van der Waals surface area contributed by atoms with Crippen LogP contribution >= 0.6 is 0 Å². The van der Waals surface area contributed by atoms with Crippen LogP contribution in [0.1, 0.15) is 33.1 Å². The Morgan fingerprint density at radius 3 is 2.56 bits per heavy atom. The van der Waals surface area contributed by atoms with Crippen molar-refractivity contribution in [1.82, 2.24) is 5.32 Å². The number of hydrogen-bond donors (Lipinski definition) is 1. The average molecular weight is 257 g/mol. The van der Waals surface area contributed by atoms with Crippen molar-refractivity contribution in [2.45, 2.75) is 39.2 Å². The van der Waals surface area contributed by atoms with Crippen molar-refractivity contribution in [2.24, 2.45) is 0 Å². The predicted octanol–water partition coefficient (Wildman–Crippen LogP) is 3.51. The summed E-state index contributed by atoms with van der Waals surface area (Å²) in [6.07, 6.45) is 2.79. The van der Waals surface area contributed by atoms with Gasteiger partial charge in [0.1, 0.15) is 0 Å². The molecule has 0 aliphatic rings. The van der Waals surface area contributed by atoms with Crippen LogP contribution in [0.4, 0.5) is 8.78 Å². The van der Waals surface area contributed by atoms with E-state index < -0.39 is 11.6 Å². The number of para-hydroxylation sites is 1. The minimum absolute atomic E-state index is 0.272. The van der Waals surface area contributed by atoms with Gasteiger partial charge in [-0.05, 0) is 44.9 Å². The molecule has 0 amide bonds. The lowest BCUT2D eigenvalue weighted by atomic mass is 10.2. The Hall–Kier alpha value is -1.16. The molecule has 0 saturated heterocycles. The van der Waals surface area contributed by atoms with Crippen LogP contribution in [-0.2, 0) is 0 Å². The van der Waals surface area contributed by atoms with Crippen molar-refractivity contribution >= 4 is 0 Å². The van der Waals surface area contributed by atoms with Crippen LogP contribution in [0, 0.1) is 11.6 Å². The second-order valence-electron chi connectivity index (χ2n) is 4.40. The average Bonchev–Trinajstić information content (AvgIpc) is 2.35. The minimum Gasteiger partial charge on any atom is -0.488 e. The Kier molecular flexibility index (Phi) is 6.65. The standard InChI is InChI=1S/C14H21F2NO/c1-3-9-17-11(2)6-5-10-18-14-12(15)7-4-8-13(14)16/h4,7-8,11,17H,3,5-6,9-10H2,1-2H3. The van der Waals surface area contributed by atoms with Gasteiger partial charge < -0.3 is 10.1 Å². The second kappa shape index (κ2) is 8.03. The summed E-state index contributed by atoms with van der Waals surface area (Å²) >= 11 is 0. The van der Waals surface area contributed by atoms with Gasteiger partial charge in [0.15, 0.2) is 17.4 Å². The molecule has 0 aromatic heterocycles. The summed E-state index contributed by atoms with van der Waals surface area (Å²) in [6, 6.07) is 4.13. The highest BCUT2D eigenvalue weighted by Gasteiger charge is 2.09. The Morgan fingerprint density at radius 2 is 1.94 bits per heavy atom. The van der Waals surface area contributed by atoms with E-state index in [1.807, 2.05) is 0 Å². The predicted molar refractivity (Wildman–Crippen MR) is 68.8 cm³/mol. The third kappa shape index (κ3) is 5.00. The van der Waals surface area contributed by atoms with Crippen LogP contribution in [0.2, 0.25) is 0 Å². The Bertz CT molecular complexity index is 337. The smallest absolute Gasteiger partial charge is 0.190 e. The number of rotatable bonds is 8. The van der Waals surface area contributed by atoms with Gasteiger partial charge in [-0.3, -0.25) is 0 Å². The molecule has 1 atom stereocenters. The summed E-state index contributed by atoms with van der Waals surface area (Å²) in [6.45, 7) is 5.53. The van der Waals surface area contributed by atoms with Crippen molar-refractivity contribution in [2.75, 3.05) is 13.2 Å². The van der Waals surface area contributed by atoms with E-state index in [0.29, 0.717) is 12.6 Å². The third-order valence-corrected chi connectivity index (χ3v) is 2.69. The Labute approximate surface area is 107 Å². The molecule has 18 heavy (non-hydrogen) atoms. The molecule has 0 bridgehead atoms. The number of halogens is 2. The fraction of sp³-hybridized carbons (Fsp3) is 0.571. The van der Waals surface area contributed by atoms with Crippen molar-refractivity contribution in [1.29, 1.82) is 0 Å². The first-order chi connectivity index (χ1) is 8.65. The van der Waals surface area contributed by atoms with Gasteiger partial charge in [0.25, 0.3) is 0 Å². The maximum Gasteiger partial charge on any atom is 0.190 e. The van der Waals surface area contributed by atoms with Gasteiger partial charge in [0, 0.05) is 6.04 Å². The summed E-state index contributed by atoms with van der Waals surface area (Å²) in [7, 11) is 0. The number of nitrogens with one attached hydrogen (secondary N) is 1. The first-order valence-electron chi connectivity index (χ1n) is 6.45. The Balaban J connectivity index is 2.25. The van der Waals surface area contributed by atoms with Gasteiger partial charge >= 0.3 is 0 Å². The molecule has 1 N–H and O–H groups in total. The van der Waals surface area contributed by atoms with E-state index in [2.05, 4.69) is 19.2 Å². The monoisotopic (exact) mass is 257 g/mol. The normalized spacial score (nSPS) is 12.4. The molecule has 0 radical (unpaired) electrons. The van der Waals surface area contributed by atoms with Crippen LogP contribution in [0.15, 0.2) is 18.2 Å². The van der Waals surface area contributed by atoms with E-state index in [9.17, 15) is 8.78 Å². The zero-order valence-corrected chi connectivity index (χ0v) is 11.0. The maximum atomic E-state index is 13.2. The van der Waals surface area contributed by atoms with Gasteiger partial charge in [-0.15, -0.1) is 0 Å². The molecule has 0 spiro atoms. The quantitative estimate of drug-likeness (QED) is 0.719. The topological polar surface area (TPSA) is 21.3 Å². The maximum absolute atomic E-state index is 13.2. The molecule has 0 fully saturated rings. The van der Waals surface area contributed by atoms with Crippen molar-refractivity contribution in [3.63, 3.8) is 0 Å². The van der Waals surface area contributed by atoms with Crippen LogP contribution in [0.3, 0.4) is 0 Å². The van der Waals surface area contributed by atoms with Gasteiger partial charge in [0.05, 0.1) is 6.61 Å². The fourth-order valence-electron chi connectivity index (χ4n) is 1.68. The highest BCUT2D eigenvalue weighted by atomic mass is 19.1. The molecule has 4 heteroatoms. The van der Waals surface area contributed by atoms with E-state index in [4.69, 9.17) is 4.74 Å². The van der Waals surface area contributed by atoms with Crippen molar-refractivity contribution in [3.8, 4) is 5.75 Å². The zero-order valence-electron chi connectivity index (χ0n) is 11.0. The summed E-state index contributed by atoms with van der Waals surface area (Å²) < 4.78 is 31.6. The first kappa shape index (κ1) is 14.9. The molecular weight excluding hydrogens is 236 g/mol. The molecular formula is C14H21F2NO. The highest BCUT2D eigenvalue weighted by molar-refractivity contribution is 5.25. The SMILES string of the molecule is CCCNC(C)CCCOc1c(F)cccc1F. The molecule has 0 aliphatic carbocycles. The van der Waals surface area contributed by atoms with E-state index >= 15 is 0 Å². The van der Waals surface area contributed by atoms with E-state index in [1.165, 1.54) is 18.2 Å². The zero-order chi connectivity index (χ0) is 13.4. The van der Waals surface area contributed by atoms with Crippen LogP contribution in [0.25, 0.3) is 0 Å². The van der Waals surface area contributed by atoms with Gasteiger partial charge in [-0.2, -0.15) is 0 Å². The van der Waals surface area contributed by atoms with Crippen LogP contribution < -0.4 is 10.1 Å². The minimum atomic E-state index is -0.646. The molecule has 2 nitrogen and oxygen atoms in total. The molecule has 1 unspecified atom stereocenters. The van der Waals surface area contributed by atoms with Gasteiger partial charge in [-0.25, -0.2) is 8.78 Å². The summed E-state index contributed by atoms with van der Waals surface area (Å²) in [5, 5.41) is 3.35. The fourth-order valence-corrected chi connectivity index (χ4v) is 1.68. The largest absolute Gasteiger partial charge is 0.488 e. The second-order valence-corrected chi connectivity index (χ2v) is 4.40. The number of hydrogen-bond acceptors (Lipinski definition) is 2. The number of benzene rings is 1. The van der Waals surface area contributed by atoms with Crippen LogP contribution in [0.5, 0.6) is 5.75 Å². The van der Waals surface area contributed by atoms with Crippen molar-refractivity contribution < 1.29 is 13.5 Å². The lowest BCUT2D eigenvalue weighted by Gasteiger charge is -2.13. The molecule has 1 aromatic rings. The molecule has 1 rings (SSSR count). The molecule has 0 heterocycles. The van der Waals surface area contributed by atoms with E-state index in [-0.39, 0.29) is 5.75 Å². The van der Waals surface area contributed by atoms with E-state index in [0.717, 1.165) is 25.8 Å². The summed E-state index contributed by atoms with van der Waals surface area (Å²) in [5.74, 6) is -1.56. The van der Waals surface area contributed by atoms with E-state index in [1.54, 1.807) is 0 Å². The molecule has 0 saturated carbocycles. The Morgan fingerprint density at radius 1 is 1.28 bits per heavy atom. The summed E-state index contributed by atoms with van der Waals surface area (Å²) in [5.41, 5.74) is 0. The molecule has 0 aliphatic heterocycles. The lowest BCUT2D eigenvalue weighted by molar-refractivity contribution is 0.270. The number of ether oxygens (including phenoxy) is 1. The third-order valence-electron chi connectivity index (χ3n) is 2.69. The lowest BCUT2D eigenvalue weighted by Crippen LogP contribution is -2.27.